The molecule has 2 atom stereocenters. The van der Waals surface area contributed by atoms with Gasteiger partial charge in [-0.05, 0) is 53.8 Å². The molecule has 4 aromatic carbocycles. The van der Waals surface area contributed by atoms with Crippen molar-refractivity contribution in [3.8, 4) is 11.5 Å². The average Bonchev–Trinajstić information content (AvgIpc) is 2.95. The lowest BCUT2D eigenvalue weighted by molar-refractivity contribution is -0.0397. The van der Waals surface area contributed by atoms with Gasteiger partial charge in [-0.1, -0.05) is 84.9 Å². The van der Waals surface area contributed by atoms with E-state index in [9.17, 15) is 10.2 Å². The minimum atomic E-state index is -0.759. The Morgan fingerprint density at radius 2 is 1.34 bits per heavy atom. The van der Waals surface area contributed by atoms with Gasteiger partial charge in [0.2, 0.25) is 0 Å². The SMILES string of the molecule is Nc1cc(CC[C@H](O)N(Cc2ccccc2)CC(O)COc2ccccc2)ccc1OCc1ccccc1. The molecule has 0 heterocycles. The zero-order chi connectivity index (χ0) is 26.6. The quantitative estimate of drug-likeness (QED) is 0.162. The molecule has 0 aromatic heterocycles. The second-order valence-corrected chi connectivity index (χ2v) is 9.36. The number of aliphatic hydroxyl groups is 2. The largest absolute Gasteiger partial charge is 0.491 e. The molecule has 0 amide bonds. The van der Waals surface area contributed by atoms with Crippen LogP contribution in [0.5, 0.6) is 11.5 Å². The molecule has 4 aromatic rings. The minimum Gasteiger partial charge on any atom is -0.491 e. The molecule has 0 bridgehead atoms. The summed E-state index contributed by atoms with van der Waals surface area (Å²) < 4.78 is 11.6. The highest BCUT2D eigenvalue weighted by molar-refractivity contribution is 5.54. The van der Waals surface area contributed by atoms with Crippen molar-refractivity contribution in [2.24, 2.45) is 0 Å². The summed E-state index contributed by atoms with van der Waals surface area (Å²) >= 11 is 0. The van der Waals surface area contributed by atoms with Crippen LogP contribution in [0.3, 0.4) is 0 Å². The van der Waals surface area contributed by atoms with Crippen molar-refractivity contribution in [2.45, 2.75) is 38.3 Å². The Balaban J connectivity index is 1.33. The topological polar surface area (TPSA) is 88.2 Å². The van der Waals surface area contributed by atoms with Gasteiger partial charge in [-0.15, -0.1) is 0 Å². The van der Waals surface area contributed by atoms with Crippen LogP contribution in [0.2, 0.25) is 0 Å². The van der Waals surface area contributed by atoms with Crippen LogP contribution in [0.15, 0.2) is 109 Å². The second kappa shape index (κ2) is 14.2. The van der Waals surface area contributed by atoms with Crippen molar-refractivity contribution in [1.82, 2.24) is 4.90 Å². The molecule has 4 rings (SSSR count). The van der Waals surface area contributed by atoms with Gasteiger partial charge in [0.05, 0.1) is 5.69 Å². The average molecular weight is 513 g/mol. The maximum Gasteiger partial charge on any atom is 0.142 e. The van der Waals surface area contributed by atoms with Crippen molar-refractivity contribution in [2.75, 3.05) is 18.9 Å². The van der Waals surface area contributed by atoms with Crippen LogP contribution >= 0.6 is 0 Å². The Morgan fingerprint density at radius 3 is 2.00 bits per heavy atom. The van der Waals surface area contributed by atoms with E-state index >= 15 is 0 Å². The van der Waals surface area contributed by atoms with E-state index < -0.39 is 12.3 Å². The smallest absolute Gasteiger partial charge is 0.142 e. The maximum absolute atomic E-state index is 11.1. The second-order valence-electron chi connectivity index (χ2n) is 9.36. The van der Waals surface area contributed by atoms with Crippen LogP contribution in [-0.2, 0) is 19.6 Å². The highest BCUT2D eigenvalue weighted by Gasteiger charge is 2.20. The number of rotatable bonds is 14. The predicted octanol–water partition coefficient (Wildman–Crippen LogP) is 5.04. The molecular weight excluding hydrogens is 476 g/mol. The normalized spacial score (nSPS) is 12.7. The molecule has 6 heteroatoms. The van der Waals surface area contributed by atoms with E-state index in [0.29, 0.717) is 43.2 Å². The zero-order valence-corrected chi connectivity index (χ0v) is 21.5. The number of hydrogen-bond donors (Lipinski definition) is 3. The molecule has 198 valence electrons. The molecule has 0 radical (unpaired) electrons. The maximum atomic E-state index is 11.1. The van der Waals surface area contributed by atoms with Gasteiger partial charge in [0.15, 0.2) is 0 Å². The number of para-hydroxylation sites is 1. The van der Waals surface area contributed by atoms with E-state index in [1.807, 2.05) is 114 Å². The van der Waals surface area contributed by atoms with Gasteiger partial charge in [0, 0.05) is 13.1 Å². The summed E-state index contributed by atoms with van der Waals surface area (Å²) in [5.41, 5.74) is 9.98. The van der Waals surface area contributed by atoms with E-state index in [0.717, 1.165) is 16.7 Å². The summed E-state index contributed by atoms with van der Waals surface area (Å²) in [5.74, 6) is 1.35. The number of aryl methyl sites for hydroxylation is 1. The molecule has 0 spiro atoms. The predicted molar refractivity (Wildman–Crippen MR) is 151 cm³/mol. The summed E-state index contributed by atoms with van der Waals surface area (Å²) in [7, 11) is 0. The van der Waals surface area contributed by atoms with Gasteiger partial charge in [-0.3, -0.25) is 4.90 Å². The third-order valence-corrected chi connectivity index (χ3v) is 6.28. The van der Waals surface area contributed by atoms with Crippen LogP contribution in [0.4, 0.5) is 5.69 Å². The summed E-state index contributed by atoms with van der Waals surface area (Å²) in [6.45, 7) is 1.38. The first-order chi connectivity index (χ1) is 18.6. The van der Waals surface area contributed by atoms with Gasteiger partial charge >= 0.3 is 0 Å². The molecule has 0 aliphatic heterocycles. The summed E-state index contributed by atoms with van der Waals surface area (Å²) in [4.78, 5) is 1.88. The van der Waals surface area contributed by atoms with Crippen LogP contribution in [-0.4, -0.2) is 40.6 Å². The monoisotopic (exact) mass is 512 g/mol. The fourth-order valence-corrected chi connectivity index (χ4v) is 4.24. The van der Waals surface area contributed by atoms with Crippen LogP contribution in [0.1, 0.15) is 23.1 Å². The van der Waals surface area contributed by atoms with Crippen molar-refractivity contribution >= 4 is 5.69 Å². The molecule has 4 N–H and O–H groups in total. The Kier molecular flexibility index (Phi) is 10.2. The van der Waals surface area contributed by atoms with Gasteiger partial charge < -0.3 is 25.4 Å². The molecule has 0 aliphatic carbocycles. The lowest BCUT2D eigenvalue weighted by atomic mass is 10.1. The lowest BCUT2D eigenvalue weighted by Gasteiger charge is -2.30. The van der Waals surface area contributed by atoms with Crippen LogP contribution in [0.25, 0.3) is 0 Å². The van der Waals surface area contributed by atoms with Gasteiger partial charge in [-0.25, -0.2) is 0 Å². The molecule has 0 aliphatic rings. The number of benzene rings is 4. The summed E-state index contributed by atoms with van der Waals surface area (Å²) in [6.07, 6.45) is -0.392. The highest BCUT2D eigenvalue weighted by Crippen LogP contribution is 2.25. The lowest BCUT2D eigenvalue weighted by Crippen LogP contribution is -2.42. The fourth-order valence-electron chi connectivity index (χ4n) is 4.24. The highest BCUT2D eigenvalue weighted by atomic mass is 16.5. The number of aliphatic hydroxyl groups excluding tert-OH is 2. The number of hydrogen-bond acceptors (Lipinski definition) is 6. The Bertz CT molecular complexity index is 1220. The first-order valence-electron chi connectivity index (χ1n) is 12.9. The summed E-state index contributed by atoms with van der Waals surface area (Å²) in [5, 5.41) is 21.8. The van der Waals surface area contributed by atoms with E-state index in [2.05, 4.69) is 0 Å². The van der Waals surface area contributed by atoms with E-state index in [4.69, 9.17) is 15.2 Å². The van der Waals surface area contributed by atoms with Crippen molar-refractivity contribution in [3.63, 3.8) is 0 Å². The fraction of sp³-hybridized carbons (Fsp3) is 0.250. The number of anilines is 1. The molecule has 0 saturated heterocycles. The third-order valence-electron chi connectivity index (χ3n) is 6.28. The van der Waals surface area contributed by atoms with Crippen LogP contribution in [0, 0.1) is 0 Å². The van der Waals surface area contributed by atoms with Gasteiger partial charge in [0.25, 0.3) is 0 Å². The minimum absolute atomic E-state index is 0.142. The number of ether oxygens (including phenoxy) is 2. The summed E-state index contributed by atoms with van der Waals surface area (Å²) in [6, 6.07) is 35.1. The Morgan fingerprint density at radius 1 is 0.711 bits per heavy atom. The Labute approximate surface area is 224 Å². The number of nitrogens with two attached hydrogens (primary N) is 1. The van der Waals surface area contributed by atoms with Crippen molar-refractivity contribution in [3.05, 3.63) is 126 Å². The van der Waals surface area contributed by atoms with Crippen molar-refractivity contribution < 1.29 is 19.7 Å². The first kappa shape index (κ1) is 27.2. The van der Waals surface area contributed by atoms with E-state index in [1.165, 1.54) is 0 Å². The zero-order valence-electron chi connectivity index (χ0n) is 21.5. The van der Waals surface area contributed by atoms with Crippen molar-refractivity contribution in [1.29, 1.82) is 0 Å². The molecule has 0 fully saturated rings. The Hall–Kier alpha value is -3.84. The number of nitrogen functional groups attached to an aromatic ring is 1. The molecular formula is C32H36N2O4. The third kappa shape index (κ3) is 8.63. The molecule has 6 nitrogen and oxygen atoms in total. The molecule has 1 unspecified atom stereocenters. The van der Waals surface area contributed by atoms with Crippen LogP contribution < -0.4 is 15.2 Å². The first-order valence-corrected chi connectivity index (χ1v) is 12.9. The molecule has 38 heavy (non-hydrogen) atoms. The standard InChI is InChI=1S/C32H36N2O4/c33-30-20-25(16-18-31(30)38-23-27-12-6-2-7-13-27)17-19-32(36)34(21-26-10-4-1-5-11-26)22-28(35)24-37-29-14-8-3-9-15-29/h1-16,18,20,28,32,35-36H,17,19,21-24,33H2/t28?,32-/m0/s1. The van der Waals surface area contributed by atoms with E-state index in [-0.39, 0.29) is 13.2 Å². The molecule has 0 saturated carbocycles. The van der Waals surface area contributed by atoms with Gasteiger partial charge in [0.1, 0.15) is 37.0 Å². The van der Waals surface area contributed by atoms with Gasteiger partial charge in [-0.2, -0.15) is 0 Å². The number of nitrogens with zero attached hydrogens (tertiary/aromatic N) is 1. The van der Waals surface area contributed by atoms with E-state index in [1.54, 1.807) is 0 Å².